The van der Waals surface area contributed by atoms with E-state index in [0.29, 0.717) is 16.7 Å². The van der Waals surface area contributed by atoms with Crippen molar-refractivity contribution in [3.8, 4) is 0 Å². The average molecular weight is 379 g/mol. The number of hydrogen-bond acceptors (Lipinski definition) is 4. The molecule has 3 nitrogen and oxygen atoms in total. The number of hydrogen-bond donors (Lipinski definition) is 1. The molecule has 0 unspecified atom stereocenters. The van der Waals surface area contributed by atoms with Gasteiger partial charge in [0.2, 0.25) is 0 Å². The summed E-state index contributed by atoms with van der Waals surface area (Å²) < 4.78 is 26.2. The fourth-order valence-electron chi connectivity index (χ4n) is 2.61. The van der Waals surface area contributed by atoms with Crippen LogP contribution in [0, 0.1) is 11.6 Å². The van der Waals surface area contributed by atoms with Gasteiger partial charge in [0.1, 0.15) is 17.5 Å². The second kappa shape index (κ2) is 7.72. The maximum atomic E-state index is 13.1. The average Bonchev–Trinajstić information content (AvgIpc) is 2.69. The molecule has 0 saturated carbocycles. The van der Waals surface area contributed by atoms with Gasteiger partial charge in [0.05, 0.1) is 5.52 Å². The fourth-order valence-corrected chi connectivity index (χ4v) is 3.42. The van der Waals surface area contributed by atoms with Crippen LogP contribution >= 0.6 is 11.8 Å². The maximum Gasteiger partial charge on any atom is 0.190 e. The second-order valence-electron chi connectivity index (χ2n) is 5.92. The third kappa shape index (κ3) is 4.23. The molecule has 0 fully saturated rings. The minimum absolute atomic E-state index is 0.253. The molecule has 0 amide bonds. The Morgan fingerprint density at radius 1 is 0.778 bits per heavy atom. The number of thioether (sulfide) groups is 1. The Morgan fingerprint density at radius 3 is 2.19 bits per heavy atom. The van der Waals surface area contributed by atoms with Gasteiger partial charge in [0.15, 0.2) is 5.16 Å². The van der Waals surface area contributed by atoms with E-state index in [4.69, 9.17) is 0 Å². The van der Waals surface area contributed by atoms with Crippen molar-refractivity contribution in [2.75, 3.05) is 5.32 Å². The number of anilines is 2. The number of rotatable bonds is 5. The van der Waals surface area contributed by atoms with E-state index in [1.807, 2.05) is 24.3 Å². The molecule has 0 aliphatic rings. The van der Waals surface area contributed by atoms with Crippen molar-refractivity contribution in [2.45, 2.75) is 10.9 Å². The topological polar surface area (TPSA) is 37.8 Å². The molecule has 0 aliphatic carbocycles. The van der Waals surface area contributed by atoms with E-state index in [-0.39, 0.29) is 11.6 Å². The van der Waals surface area contributed by atoms with Crippen LogP contribution in [0.1, 0.15) is 5.56 Å². The summed E-state index contributed by atoms with van der Waals surface area (Å²) in [6.45, 7) is 0. The summed E-state index contributed by atoms with van der Waals surface area (Å²) in [5.74, 6) is 0.753. The van der Waals surface area contributed by atoms with Crippen molar-refractivity contribution in [3.63, 3.8) is 0 Å². The maximum absolute atomic E-state index is 13.1. The molecule has 134 valence electrons. The lowest BCUT2D eigenvalue weighted by molar-refractivity contribution is 0.627. The first kappa shape index (κ1) is 17.4. The zero-order valence-electron chi connectivity index (χ0n) is 14.2. The molecule has 0 radical (unpaired) electrons. The lowest BCUT2D eigenvalue weighted by Gasteiger charge is -2.11. The molecule has 3 aromatic carbocycles. The van der Waals surface area contributed by atoms with E-state index < -0.39 is 0 Å². The van der Waals surface area contributed by atoms with E-state index in [0.717, 1.165) is 22.2 Å². The van der Waals surface area contributed by atoms with Crippen LogP contribution in [0.4, 0.5) is 20.3 Å². The molecule has 0 aliphatic heterocycles. The number of fused-ring (bicyclic) bond motifs is 1. The van der Waals surface area contributed by atoms with E-state index in [1.165, 1.54) is 36.0 Å². The SMILES string of the molecule is Fc1ccc(CSc2nc(Nc3ccc(F)cc3)c3ccccc3n2)cc1. The molecule has 0 spiro atoms. The van der Waals surface area contributed by atoms with Crippen LogP contribution < -0.4 is 5.32 Å². The third-order valence-corrected chi connectivity index (χ3v) is 4.89. The Bertz CT molecular complexity index is 1070. The monoisotopic (exact) mass is 379 g/mol. The van der Waals surface area contributed by atoms with Crippen LogP contribution in [0.2, 0.25) is 0 Å². The number of para-hydroxylation sites is 1. The number of nitrogens with one attached hydrogen (secondary N) is 1. The highest BCUT2D eigenvalue weighted by Crippen LogP contribution is 2.28. The number of aromatic nitrogens is 2. The van der Waals surface area contributed by atoms with Crippen LogP contribution in [-0.4, -0.2) is 9.97 Å². The zero-order chi connectivity index (χ0) is 18.6. The normalized spacial score (nSPS) is 10.9. The standard InChI is InChI=1S/C21H15F2N3S/c22-15-7-5-14(6-8-15)13-27-21-25-19-4-2-1-3-18(19)20(26-21)24-17-11-9-16(23)10-12-17/h1-12H,13H2,(H,24,25,26). The van der Waals surface area contributed by atoms with Gasteiger partial charge < -0.3 is 5.32 Å². The third-order valence-electron chi connectivity index (χ3n) is 3.97. The van der Waals surface area contributed by atoms with Gasteiger partial charge in [-0.05, 0) is 54.1 Å². The molecule has 4 rings (SSSR count). The van der Waals surface area contributed by atoms with E-state index >= 15 is 0 Å². The Hall–Kier alpha value is -2.99. The largest absolute Gasteiger partial charge is 0.340 e. The van der Waals surface area contributed by atoms with Crippen LogP contribution in [-0.2, 0) is 5.75 Å². The first-order chi connectivity index (χ1) is 13.2. The highest BCUT2D eigenvalue weighted by atomic mass is 32.2. The second-order valence-corrected chi connectivity index (χ2v) is 6.86. The van der Waals surface area contributed by atoms with E-state index in [2.05, 4.69) is 15.3 Å². The highest BCUT2D eigenvalue weighted by Gasteiger charge is 2.09. The summed E-state index contributed by atoms with van der Waals surface area (Å²) in [4.78, 5) is 9.23. The summed E-state index contributed by atoms with van der Waals surface area (Å²) in [6.07, 6.45) is 0. The first-order valence-corrected chi connectivity index (χ1v) is 9.32. The van der Waals surface area contributed by atoms with Gasteiger partial charge >= 0.3 is 0 Å². The van der Waals surface area contributed by atoms with Gasteiger partial charge in [-0.2, -0.15) is 0 Å². The molecular formula is C21H15F2N3S. The molecule has 1 aromatic heterocycles. The van der Waals surface area contributed by atoms with E-state index in [9.17, 15) is 8.78 Å². The molecule has 0 saturated heterocycles. The van der Waals surface area contributed by atoms with Crippen molar-refractivity contribution in [1.82, 2.24) is 9.97 Å². The molecule has 0 bridgehead atoms. The minimum atomic E-state index is -0.288. The van der Waals surface area contributed by atoms with Gasteiger partial charge in [-0.1, -0.05) is 36.0 Å². The number of nitrogens with zero attached hydrogens (tertiary/aromatic N) is 2. The van der Waals surface area contributed by atoms with Gasteiger partial charge in [0.25, 0.3) is 0 Å². The lowest BCUT2D eigenvalue weighted by Crippen LogP contribution is -1.99. The quantitative estimate of drug-likeness (QED) is 0.344. The Balaban J connectivity index is 1.63. The number of benzene rings is 3. The van der Waals surface area contributed by atoms with Gasteiger partial charge in [-0.15, -0.1) is 0 Å². The van der Waals surface area contributed by atoms with Crippen molar-refractivity contribution in [1.29, 1.82) is 0 Å². The fraction of sp³-hybridized carbons (Fsp3) is 0.0476. The zero-order valence-corrected chi connectivity index (χ0v) is 15.0. The summed E-state index contributed by atoms with van der Waals surface area (Å²) in [5.41, 5.74) is 2.56. The van der Waals surface area contributed by atoms with Crippen LogP contribution in [0.3, 0.4) is 0 Å². The molecule has 0 atom stereocenters. The predicted octanol–water partition coefficient (Wildman–Crippen LogP) is 5.94. The summed E-state index contributed by atoms with van der Waals surface area (Å²) in [5, 5.41) is 4.74. The molecule has 1 N–H and O–H groups in total. The summed E-state index contributed by atoms with van der Waals surface area (Å²) in [6, 6.07) is 20.2. The van der Waals surface area contributed by atoms with Crippen LogP contribution in [0.25, 0.3) is 10.9 Å². The Labute approximate surface area is 159 Å². The van der Waals surface area contributed by atoms with Crippen molar-refractivity contribution in [3.05, 3.63) is 90.0 Å². The molecular weight excluding hydrogens is 364 g/mol. The van der Waals surface area contributed by atoms with Crippen molar-refractivity contribution < 1.29 is 8.78 Å². The lowest BCUT2D eigenvalue weighted by atomic mass is 10.2. The number of halogens is 2. The van der Waals surface area contributed by atoms with Crippen LogP contribution in [0.5, 0.6) is 0 Å². The minimum Gasteiger partial charge on any atom is -0.340 e. The molecule has 1 heterocycles. The first-order valence-electron chi connectivity index (χ1n) is 8.34. The van der Waals surface area contributed by atoms with Gasteiger partial charge in [-0.25, -0.2) is 18.7 Å². The predicted molar refractivity (Wildman–Crippen MR) is 105 cm³/mol. The Kier molecular flexibility index (Phi) is 4.98. The van der Waals surface area contributed by atoms with Crippen molar-refractivity contribution in [2.24, 2.45) is 0 Å². The van der Waals surface area contributed by atoms with E-state index in [1.54, 1.807) is 24.3 Å². The molecule has 6 heteroatoms. The highest BCUT2D eigenvalue weighted by molar-refractivity contribution is 7.98. The summed E-state index contributed by atoms with van der Waals surface area (Å²) >= 11 is 1.48. The van der Waals surface area contributed by atoms with Gasteiger partial charge in [0, 0.05) is 16.8 Å². The Morgan fingerprint density at radius 2 is 1.44 bits per heavy atom. The van der Waals surface area contributed by atoms with Crippen molar-refractivity contribution >= 4 is 34.2 Å². The molecule has 27 heavy (non-hydrogen) atoms. The summed E-state index contributed by atoms with van der Waals surface area (Å²) in [7, 11) is 0. The van der Waals surface area contributed by atoms with Gasteiger partial charge in [-0.3, -0.25) is 0 Å². The smallest absolute Gasteiger partial charge is 0.190 e. The molecule has 4 aromatic rings. The van der Waals surface area contributed by atoms with Crippen LogP contribution in [0.15, 0.2) is 78.0 Å².